The highest BCUT2D eigenvalue weighted by molar-refractivity contribution is 5.69. The largest absolute Gasteiger partial charge is 0.481 e. The summed E-state index contributed by atoms with van der Waals surface area (Å²) in [6, 6.07) is 0. The second kappa shape index (κ2) is 3.72. The lowest BCUT2D eigenvalue weighted by Crippen LogP contribution is -2.06. The van der Waals surface area contributed by atoms with Crippen LogP contribution in [-0.4, -0.2) is 16.1 Å². The predicted molar refractivity (Wildman–Crippen MR) is 60.7 cm³/mol. The van der Waals surface area contributed by atoms with Crippen molar-refractivity contribution in [1.82, 2.24) is 4.98 Å². The molecule has 0 aliphatic heterocycles. The summed E-state index contributed by atoms with van der Waals surface area (Å²) in [5.41, 5.74) is 0.569. The Morgan fingerprint density at radius 1 is 1.53 bits per heavy atom. The van der Waals surface area contributed by atoms with Gasteiger partial charge in [0.25, 0.3) is 0 Å². The Kier molecular flexibility index (Phi) is 2.31. The number of carboxylic acid groups (broad SMARTS) is 1. The van der Waals surface area contributed by atoms with E-state index in [4.69, 9.17) is 9.52 Å². The van der Waals surface area contributed by atoms with Crippen LogP contribution >= 0.6 is 0 Å². The van der Waals surface area contributed by atoms with Crippen LogP contribution in [-0.2, 0) is 11.2 Å². The molecule has 0 aromatic carbocycles. The van der Waals surface area contributed by atoms with Gasteiger partial charge >= 0.3 is 5.97 Å². The monoisotopic (exact) mass is 233 g/mol. The molecule has 0 saturated heterocycles. The molecule has 2 aliphatic rings. The molecule has 0 radical (unpaired) electrons. The zero-order chi connectivity index (χ0) is 12.0. The molecule has 4 heteroatoms. The van der Waals surface area contributed by atoms with E-state index in [0.29, 0.717) is 29.2 Å². The fraction of sp³-hybridized carbons (Fsp3) is 0.538. The number of allylic oxidation sites excluding steroid dienone is 2. The lowest BCUT2D eigenvalue weighted by atomic mass is 9.94. The quantitative estimate of drug-likeness (QED) is 0.813. The molecule has 0 spiro atoms. The molecule has 1 heterocycles. The molecule has 0 amide bonds. The van der Waals surface area contributed by atoms with Gasteiger partial charge in [-0.15, -0.1) is 0 Å². The minimum atomic E-state index is -0.860. The Morgan fingerprint density at radius 3 is 2.94 bits per heavy atom. The van der Waals surface area contributed by atoms with Gasteiger partial charge < -0.3 is 9.52 Å². The summed E-state index contributed by atoms with van der Waals surface area (Å²) in [4.78, 5) is 15.1. The van der Waals surface area contributed by atoms with Crippen LogP contribution in [0.25, 0.3) is 0 Å². The van der Waals surface area contributed by atoms with E-state index in [1.807, 2.05) is 0 Å². The number of hydrogen-bond acceptors (Lipinski definition) is 3. The first-order valence-electron chi connectivity index (χ1n) is 6.00. The second-order valence-corrected chi connectivity index (χ2v) is 5.01. The second-order valence-electron chi connectivity index (χ2n) is 5.01. The van der Waals surface area contributed by atoms with Crippen LogP contribution < -0.4 is 0 Å². The van der Waals surface area contributed by atoms with Crippen molar-refractivity contribution in [3.63, 3.8) is 0 Å². The third-order valence-corrected chi connectivity index (χ3v) is 3.82. The van der Waals surface area contributed by atoms with E-state index in [9.17, 15) is 4.79 Å². The van der Waals surface area contributed by atoms with Crippen LogP contribution in [0.1, 0.15) is 36.1 Å². The van der Waals surface area contributed by atoms with Gasteiger partial charge in [0.05, 0.1) is 12.1 Å². The summed E-state index contributed by atoms with van der Waals surface area (Å²) in [6.45, 7) is 1.79. The average Bonchev–Trinajstić information content (AvgIpc) is 2.93. The molecule has 3 atom stereocenters. The van der Waals surface area contributed by atoms with Crippen molar-refractivity contribution in [3.05, 3.63) is 29.5 Å². The number of carbonyl (C=O) groups is 1. The maximum Gasteiger partial charge on any atom is 0.309 e. The highest BCUT2D eigenvalue weighted by Crippen LogP contribution is 2.48. The van der Waals surface area contributed by atoms with Crippen LogP contribution in [0.3, 0.4) is 0 Å². The highest BCUT2D eigenvalue weighted by atomic mass is 16.4. The maximum absolute atomic E-state index is 10.7. The number of oxazole rings is 1. The first-order valence-corrected chi connectivity index (χ1v) is 6.00. The van der Waals surface area contributed by atoms with Crippen molar-refractivity contribution in [1.29, 1.82) is 0 Å². The predicted octanol–water partition coefficient (Wildman–Crippen LogP) is 2.29. The summed E-state index contributed by atoms with van der Waals surface area (Å²) >= 11 is 0. The van der Waals surface area contributed by atoms with Gasteiger partial charge in [0.2, 0.25) is 0 Å². The summed E-state index contributed by atoms with van der Waals surface area (Å²) in [6.07, 6.45) is 6.75. The smallest absolute Gasteiger partial charge is 0.309 e. The van der Waals surface area contributed by atoms with Crippen LogP contribution in [0.15, 0.2) is 16.6 Å². The van der Waals surface area contributed by atoms with Gasteiger partial charge in [-0.3, -0.25) is 4.79 Å². The van der Waals surface area contributed by atoms with E-state index in [-0.39, 0.29) is 6.42 Å². The van der Waals surface area contributed by atoms with E-state index in [1.165, 1.54) is 6.42 Å². The van der Waals surface area contributed by atoms with Crippen LogP contribution in [0.2, 0.25) is 0 Å². The average molecular weight is 233 g/mol. The molecule has 3 unspecified atom stereocenters. The molecule has 1 aromatic heterocycles. The molecule has 4 nitrogen and oxygen atoms in total. The van der Waals surface area contributed by atoms with Crippen LogP contribution in [0.4, 0.5) is 0 Å². The van der Waals surface area contributed by atoms with Crippen molar-refractivity contribution in [2.45, 2.75) is 32.1 Å². The summed E-state index contributed by atoms with van der Waals surface area (Å²) in [5, 5.41) is 8.78. The van der Waals surface area contributed by atoms with Gasteiger partial charge in [-0.2, -0.15) is 0 Å². The molecule has 90 valence electrons. The first-order chi connectivity index (χ1) is 8.13. The zero-order valence-corrected chi connectivity index (χ0v) is 9.72. The Balaban J connectivity index is 1.84. The number of carboxylic acids is 1. The Labute approximate surface area is 99.3 Å². The minimum Gasteiger partial charge on any atom is -0.481 e. The fourth-order valence-corrected chi connectivity index (χ4v) is 2.98. The van der Waals surface area contributed by atoms with Crippen molar-refractivity contribution < 1.29 is 14.3 Å². The number of aromatic nitrogens is 1. The molecule has 3 rings (SSSR count). The third-order valence-electron chi connectivity index (χ3n) is 3.82. The fourth-order valence-electron chi connectivity index (χ4n) is 2.98. The number of rotatable bonds is 3. The lowest BCUT2D eigenvalue weighted by Gasteiger charge is -2.13. The molecular formula is C13H15NO3. The maximum atomic E-state index is 10.7. The van der Waals surface area contributed by atoms with Gasteiger partial charge in [0.15, 0.2) is 5.89 Å². The molecule has 1 saturated carbocycles. The normalized spacial score (nSPS) is 30.1. The number of aliphatic carboxylic acids is 1. The number of hydrogen-bond donors (Lipinski definition) is 1. The lowest BCUT2D eigenvalue weighted by molar-refractivity contribution is -0.136. The zero-order valence-electron chi connectivity index (χ0n) is 9.72. The van der Waals surface area contributed by atoms with Crippen molar-refractivity contribution >= 4 is 5.97 Å². The van der Waals surface area contributed by atoms with E-state index < -0.39 is 5.97 Å². The topological polar surface area (TPSA) is 63.3 Å². The van der Waals surface area contributed by atoms with E-state index in [0.717, 1.165) is 12.3 Å². The molecule has 2 aliphatic carbocycles. The molecule has 1 fully saturated rings. The minimum absolute atomic E-state index is 0.0496. The van der Waals surface area contributed by atoms with E-state index in [1.54, 1.807) is 6.92 Å². The van der Waals surface area contributed by atoms with E-state index >= 15 is 0 Å². The van der Waals surface area contributed by atoms with Gasteiger partial charge in [-0.1, -0.05) is 12.2 Å². The van der Waals surface area contributed by atoms with Crippen molar-refractivity contribution in [2.24, 2.45) is 11.8 Å². The Bertz CT molecular complexity index is 489. The molecule has 17 heavy (non-hydrogen) atoms. The molecule has 2 bridgehead atoms. The Morgan fingerprint density at radius 2 is 2.35 bits per heavy atom. The van der Waals surface area contributed by atoms with Gasteiger partial charge in [0, 0.05) is 5.92 Å². The molecular weight excluding hydrogens is 218 g/mol. The summed E-state index contributed by atoms with van der Waals surface area (Å²) in [5.74, 6) is 2.08. The number of fused-ring (bicyclic) bond motifs is 2. The van der Waals surface area contributed by atoms with Crippen molar-refractivity contribution in [3.8, 4) is 0 Å². The van der Waals surface area contributed by atoms with Gasteiger partial charge in [-0.05, 0) is 31.6 Å². The molecule has 1 N–H and O–H groups in total. The number of nitrogens with zero attached hydrogens (tertiary/aromatic N) is 1. The SMILES string of the molecule is Cc1oc(C2CC3C=CC2C3)nc1CC(=O)O. The van der Waals surface area contributed by atoms with Crippen molar-refractivity contribution in [2.75, 3.05) is 0 Å². The highest BCUT2D eigenvalue weighted by Gasteiger charge is 2.39. The first kappa shape index (κ1) is 10.6. The summed E-state index contributed by atoms with van der Waals surface area (Å²) < 4.78 is 5.64. The van der Waals surface area contributed by atoms with Crippen LogP contribution in [0.5, 0.6) is 0 Å². The van der Waals surface area contributed by atoms with Gasteiger partial charge in [-0.25, -0.2) is 4.98 Å². The standard InChI is InChI=1S/C13H15NO3/c1-7-11(6-12(15)16)14-13(17-7)10-5-8-2-3-9(10)4-8/h2-3,8-10H,4-6H2,1H3,(H,15,16). The third kappa shape index (κ3) is 1.77. The summed E-state index contributed by atoms with van der Waals surface area (Å²) in [7, 11) is 0. The van der Waals surface area contributed by atoms with Crippen LogP contribution in [0, 0.1) is 18.8 Å². The molecule has 1 aromatic rings. The van der Waals surface area contributed by atoms with Gasteiger partial charge in [0.1, 0.15) is 5.76 Å². The Hall–Kier alpha value is -1.58. The van der Waals surface area contributed by atoms with E-state index in [2.05, 4.69) is 17.1 Å². The number of aryl methyl sites for hydroxylation is 1.